The van der Waals surface area contributed by atoms with Crippen molar-refractivity contribution in [3.8, 4) is 11.4 Å². The zero-order valence-electron chi connectivity index (χ0n) is 10.5. The van der Waals surface area contributed by atoms with Crippen molar-refractivity contribution in [3.63, 3.8) is 0 Å². The van der Waals surface area contributed by atoms with E-state index >= 15 is 0 Å². The van der Waals surface area contributed by atoms with Crippen molar-refractivity contribution in [3.05, 3.63) is 49.2 Å². The highest BCUT2D eigenvalue weighted by atomic mass is 79.9. The Bertz CT molecular complexity index is 743. The van der Waals surface area contributed by atoms with Gasteiger partial charge in [-0.1, -0.05) is 18.5 Å². The lowest BCUT2D eigenvalue weighted by Gasteiger charge is -2.08. The van der Waals surface area contributed by atoms with Crippen LogP contribution in [0.25, 0.3) is 11.4 Å². The van der Waals surface area contributed by atoms with E-state index < -0.39 is 27.8 Å². The van der Waals surface area contributed by atoms with Gasteiger partial charge in [0.25, 0.3) is 0 Å². The Morgan fingerprint density at radius 1 is 1.38 bits per heavy atom. The predicted octanol–water partition coefficient (Wildman–Crippen LogP) is 4.31. The molecule has 0 amide bonds. The first kappa shape index (κ1) is 15.7. The number of nitro benzene ring substituents is 1. The van der Waals surface area contributed by atoms with Crippen LogP contribution >= 0.6 is 27.5 Å². The van der Waals surface area contributed by atoms with E-state index in [1.54, 1.807) is 6.92 Å². The fraction of sp³-hybridized carbons (Fsp3) is 0.167. The third kappa shape index (κ3) is 2.86. The number of benzene rings is 1. The monoisotopic (exact) mass is 377 g/mol. The topological polar surface area (TPSA) is 68.9 Å². The Kier molecular flexibility index (Phi) is 4.48. The van der Waals surface area contributed by atoms with Gasteiger partial charge in [0.15, 0.2) is 5.82 Å². The first-order chi connectivity index (χ1) is 9.86. The van der Waals surface area contributed by atoms with Crippen LogP contribution in [-0.2, 0) is 6.42 Å². The van der Waals surface area contributed by atoms with E-state index in [0.717, 1.165) is 12.1 Å². The van der Waals surface area contributed by atoms with Crippen molar-refractivity contribution in [1.82, 2.24) is 9.97 Å². The number of nitrogens with zero attached hydrogens (tertiary/aromatic N) is 3. The highest BCUT2D eigenvalue weighted by Gasteiger charge is 2.25. The van der Waals surface area contributed by atoms with E-state index in [9.17, 15) is 18.9 Å². The van der Waals surface area contributed by atoms with Crippen LogP contribution in [-0.4, -0.2) is 14.9 Å². The van der Waals surface area contributed by atoms with Crippen molar-refractivity contribution >= 4 is 33.2 Å². The maximum Gasteiger partial charge on any atom is 0.305 e. The molecule has 21 heavy (non-hydrogen) atoms. The number of nitro groups is 1. The summed E-state index contributed by atoms with van der Waals surface area (Å²) < 4.78 is 28.4. The largest absolute Gasteiger partial charge is 0.305 e. The van der Waals surface area contributed by atoms with Crippen LogP contribution in [0.5, 0.6) is 0 Å². The minimum atomic E-state index is -1.33. The van der Waals surface area contributed by atoms with Gasteiger partial charge in [-0.2, -0.15) is 4.39 Å². The average molecular weight is 379 g/mol. The van der Waals surface area contributed by atoms with Crippen LogP contribution in [0.1, 0.15) is 12.6 Å². The molecular weight excluding hydrogens is 372 g/mol. The summed E-state index contributed by atoms with van der Waals surface area (Å²) >= 11 is 9.05. The van der Waals surface area contributed by atoms with Crippen LogP contribution in [0.4, 0.5) is 14.5 Å². The average Bonchev–Trinajstić information content (AvgIpc) is 2.42. The molecular formula is C12H7BrClF2N3O2. The molecule has 1 aromatic carbocycles. The molecule has 1 heterocycles. The predicted molar refractivity (Wildman–Crippen MR) is 76.1 cm³/mol. The normalized spacial score (nSPS) is 10.7. The molecule has 110 valence electrons. The quantitative estimate of drug-likeness (QED) is 0.453. The molecule has 9 heteroatoms. The second kappa shape index (κ2) is 5.98. The molecule has 0 aliphatic carbocycles. The van der Waals surface area contributed by atoms with Crippen LogP contribution in [0.2, 0.25) is 5.15 Å². The molecule has 0 bridgehead atoms. The van der Waals surface area contributed by atoms with E-state index in [2.05, 4.69) is 25.9 Å². The molecule has 0 atom stereocenters. The van der Waals surface area contributed by atoms with E-state index in [4.69, 9.17) is 11.6 Å². The van der Waals surface area contributed by atoms with Crippen LogP contribution in [0.3, 0.4) is 0 Å². The third-order valence-corrected chi connectivity index (χ3v) is 4.04. The first-order valence-electron chi connectivity index (χ1n) is 5.71. The lowest BCUT2D eigenvalue weighted by Crippen LogP contribution is -2.03. The number of hydrogen-bond acceptors (Lipinski definition) is 4. The summed E-state index contributed by atoms with van der Waals surface area (Å²) in [5.41, 5.74) is -1.09. The Morgan fingerprint density at radius 2 is 2.05 bits per heavy atom. The van der Waals surface area contributed by atoms with Gasteiger partial charge >= 0.3 is 5.69 Å². The molecule has 0 unspecified atom stereocenters. The molecule has 1 aromatic heterocycles. The molecule has 0 radical (unpaired) electrons. The van der Waals surface area contributed by atoms with Crippen LogP contribution in [0.15, 0.2) is 16.6 Å². The highest BCUT2D eigenvalue weighted by molar-refractivity contribution is 9.10. The number of rotatable bonds is 3. The van der Waals surface area contributed by atoms with Crippen molar-refractivity contribution in [2.45, 2.75) is 13.3 Å². The van der Waals surface area contributed by atoms with Crippen molar-refractivity contribution in [2.75, 3.05) is 0 Å². The number of halogens is 4. The number of aromatic nitrogens is 2. The molecule has 0 aliphatic heterocycles. The molecule has 2 rings (SSSR count). The van der Waals surface area contributed by atoms with Gasteiger partial charge in [0.1, 0.15) is 11.0 Å². The van der Waals surface area contributed by atoms with Gasteiger partial charge in [-0.3, -0.25) is 10.1 Å². The maximum absolute atomic E-state index is 14.1. The third-order valence-electron chi connectivity index (χ3n) is 2.71. The summed E-state index contributed by atoms with van der Waals surface area (Å²) in [5, 5.41) is 10.7. The van der Waals surface area contributed by atoms with Crippen molar-refractivity contribution in [2.24, 2.45) is 0 Å². The SMILES string of the molecule is CCc1nc(-c2c(F)ccc([N+](=O)[O-])c2F)nc(Cl)c1Br. The van der Waals surface area contributed by atoms with Gasteiger partial charge in [-0.15, -0.1) is 0 Å². The first-order valence-corrected chi connectivity index (χ1v) is 6.88. The molecule has 0 N–H and O–H groups in total. The lowest BCUT2D eigenvalue weighted by atomic mass is 10.1. The Morgan fingerprint density at radius 3 is 2.62 bits per heavy atom. The van der Waals surface area contributed by atoms with Gasteiger partial charge in [-0.05, 0) is 28.4 Å². The smallest absolute Gasteiger partial charge is 0.258 e. The van der Waals surface area contributed by atoms with Gasteiger partial charge in [0, 0.05) is 6.07 Å². The summed E-state index contributed by atoms with van der Waals surface area (Å²) in [6.07, 6.45) is 0.438. The fourth-order valence-corrected chi connectivity index (χ4v) is 2.34. The minimum Gasteiger partial charge on any atom is -0.258 e. The van der Waals surface area contributed by atoms with Crippen LogP contribution < -0.4 is 0 Å². The lowest BCUT2D eigenvalue weighted by molar-refractivity contribution is -0.387. The molecule has 2 aromatic rings. The zero-order valence-corrected chi connectivity index (χ0v) is 12.9. The summed E-state index contributed by atoms with van der Waals surface area (Å²) in [6, 6.07) is 1.54. The summed E-state index contributed by atoms with van der Waals surface area (Å²) in [6.45, 7) is 1.77. The second-order valence-electron chi connectivity index (χ2n) is 3.96. The van der Waals surface area contributed by atoms with Crippen molar-refractivity contribution < 1.29 is 13.7 Å². The van der Waals surface area contributed by atoms with Gasteiger partial charge < -0.3 is 0 Å². The highest BCUT2D eigenvalue weighted by Crippen LogP contribution is 2.32. The van der Waals surface area contributed by atoms with Crippen molar-refractivity contribution in [1.29, 1.82) is 0 Å². The van der Waals surface area contributed by atoms with Gasteiger partial charge in [0.05, 0.1) is 20.7 Å². The molecule has 5 nitrogen and oxygen atoms in total. The Hall–Kier alpha value is -1.67. The van der Waals surface area contributed by atoms with Crippen LogP contribution in [0, 0.1) is 21.7 Å². The molecule has 0 spiro atoms. The fourth-order valence-electron chi connectivity index (χ4n) is 1.70. The molecule has 0 fully saturated rings. The summed E-state index contributed by atoms with van der Waals surface area (Å²) in [4.78, 5) is 17.6. The second-order valence-corrected chi connectivity index (χ2v) is 5.12. The molecule has 0 saturated heterocycles. The Labute approximate surface area is 131 Å². The van der Waals surface area contributed by atoms with Gasteiger partial charge in [-0.25, -0.2) is 14.4 Å². The molecule has 0 aliphatic rings. The number of aryl methyl sites for hydroxylation is 1. The summed E-state index contributed by atoms with van der Waals surface area (Å²) in [7, 11) is 0. The zero-order chi connectivity index (χ0) is 15.7. The number of hydrogen-bond donors (Lipinski definition) is 0. The standard InChI is InChI=1S/C12H7BrClF2N3O2/c1-2-6-9(13)11(14)18-12(17-6)8-5(15)3-4-7(10(8)16)19(20)21/h3-4H,2H2,1H3. The van der Waals surface area contributed by atoms with E-state index in [1.165, 1.54) is 0 Å². The maximum atomic E-state index is 14.1. The molecule has 0 saturated carbocycles. The van der Waals surface area contributed by atoms with E-state index in [0.29, 0.717) is 16.6 Å². The van der Waals surface area contributed by atoms with E-state index in [1.807, 2.05) is 0 Å². The summed E-state index contributed by atoms with van der Waals surface area (Å²) in [5.74, 6) is -2.67. The minimum absolute atomic E-state index is 0.0258. The Balaban J connectivity index is 2.75. The van der Waals surface area contributed by atoms with E-state index in [-0.39, 0.29) is 11.0 Å². The van der Waals surface area contributed by atoms with Gasteiger partial charge in [0.2, 0.25) is 5.82 Å².